The van der Waals surface area contributed by atoms with Crippen molar-refractivity contribution >= 4 is 12.4 Å². The van der Waals surface area contributed by atoms with Crippen molar-refractivity contribution in [1.29, 1.82) is 0 Å². The fraction of sp³-hybridized carbons (Fsp3) is 0.600. The van der Waals surface area contributed by atoms with Crippen LogP contribution in [0.5, 0.6) is 11.5 Å². The highest BCUT2D eigenvalue weighted by Crippen LogP contribution is 2.40. The van der Waals surface area contributed by atoms with Crippen molar-refractivity contribution in [3.8, 4) is 11.5 Å². The Bertz CT molecular complexity index is 387. The quantitative estimate of drug-likeness (QED) is 0.725. The van der Waals surface area contributed by atoms with E-state index in [9.17, 15) is 0 Å². The first kappa shape index (κ1) is 17.1. The van der Waals surface area contributed by atoms with E-state index in [-0.39, 0.29) is 12.4 Å². The van der Waals surface area contributed by atoms with E-state index in [4.69, 9.17) is 14.2 Å². The third kappa shape index (κ3) is 4.85. The molecule has 20 heavy (non-hydrogen) atoms. The van der Waals surface area contributed by atoms with E-state index in [1.54, 1.807) is 0 Å². The van der Waals surface area contributed by atoms with Gasteiger partial charge in [0.2, 0.25) is 0 Å². The smallest absolute Gasteiger partial charge is 0.251 e. The fourth-order valence-corrected chi connectivity index (χ4v) is 2.05. The highest BCUT2D eigenvalue weighted by Gasteiger charge is 2.36. The van der Waals surface area contributed by atoms with Crippen LogP contribution in [0.3, 0.4) is 0 Å². The highest BCUT2D eigenvalue weighted by atomic mass is 35.5. The second kappa shape index (κ2) is 7.72. The van der Waals surface area contributed by atoms with Gasteiger partial charge < -0.3 is 19.1 Å². The Hall–Kier alpha value is -0.970. The number of hydrogen-bond acceptors (Lipinski definition) is 4. The maximum Gasteiger partial charge on any atom is 0.251 e. The maximum atomic E-state index is 5.83. The van der Waals surface area contributed by atoms with E-state index >= 15 is 0 Å². The highest BCUT2D eigenvalue weighted by molar-refractivity contribution is 5.85. The molecular formula is C15H24ClNO3. The largest absolute Gasteiger partial charge is 0.449 e. The summed E-state index contributed by atoms with van der Waals surface area (Å²) in [7, 11) is 4.14. The van der Waals surface area contributed by atoms with Gasteiger partial charge >= 0.3 is 0 Å². The van der Waals surface area contributed by atoms with Crippen molar-refractivity contribution in [2.75, 3.05) is 33.9 Å². The lowest BCUT2D eigenvalue weighted by Gasteiger charge is -2.22. The SMILES string of the molecule is CN(C)CCCOCCC1(C)Oc2ccccc2O1.Cl. The summed E-state index contributed by atoms with van der Waals surface area (Å²) in [5, 5.41) is 0. The number of para-hydroxylation sites is 2. The predicted octanol–water partition coefficient (Wildman–Crippen LogP) is 2.95. The summed E-state index contributed by atoms with van der Waals surface area (Å²) in [5.74, 6) is 1.04. The first-order chi connectivity index (χ1) is 9.09. The summed E-state index contributed by atoms with van der Waals surface area (Å²) in [5.41, 5.74) is 0. The lowest BCUT2D eigenvalue weighted by atomic mass is 10.2. The van der Waals surface area contributed by atoms with Gasteiger partial charge in [-0.25, -0.2) is 0 Å². The Morgan fingerprint density at radius 1 is 1.10 bits per heavy atom. The summed E-state index contributed by atoms with van der Waals surface area (Å²) in [4.78, 5) is 2.16. The van der Waals surface area contributed by atoms with E-state index in [2.05, 4.69) is 19.0 Å². The molecule has 0 amide bonds. The molecule has 0 saturated heterocycles. The van der Waals surface area contributed by atoms with Gasteiger partial charge in [0.15, 0.2) is 11.5 Å². The summed E-state index contributed by atoms with van der Waals surface area (Å²) in [6.07, 6.45) is 1.77. The maximum absolute atomic E-state index is 5.83. The molecule has 4 nitrogen and oxygen atoms in total. The van der Waals surface area contributed by atoms with Crippen molar-refractivity contribution in [2.24, 2.45) is 0 Å². The average Bonchev–Trinajstić information content (AvgIpc) is 2.69. The van der Waals surface area contributed by atoms with Crippen LogP contribution in [0.2, 0.25) is 0 Å². The van der Waals surface area contributed by atoms with Gasteiger partial charge in [-0.1, -0.05) is 12.1 Å². The summed E-state index contributed by atoms with van der Waals surface area (Å²) < 4.78 is 17.3. The van der Waals surface area contributed by atoms with Crippen LogP contribution in [0.15, 0.2) is 24.3 Å². The predicted molar refractivity (Wildman–Crippen MR) is 82.0 cm³/mol. The Morgan fingerprint density at radius 3 is 2.25 bits per heavy atom. The zero-order valence-electron chi connectivity index (χ0n) is 12.4. The van der Waals surface area contributed by atoms with Crippen LogP contribution in [0.1, 0.15) is 19.8 Å². The molecule has 0 bridgehead atoms. The molecule has 1 heterocycles. The van der Waals surface area contributed by atoms with Gasteiger partial charge in [0.25, 0.3) is 5.79 Å². The van der Waals surface area contributed by atoms with Gasteiger partial charge in [-0.3, -0.25) is 0 Å². The Morgan fingerprint density at radius 2 is 1.70 bits per heavy atom. The summed E-state index contributed by atoms with van der Waals surface area (Å²) >= 11 is 0. The molecule has 0 aliphatic carbocycles. The number of nitrogens with zero attached hydrogens (tertiary/aromatic N) is 1. The molecule has 114 valence electrons. The average molecular weight is 302 g/mol. The first-order valence-corrected chi connectivity index (χ1v) is 6.79. The van der Waals surface area contributed by atoms with E-state index in [0.717, 1.165) is 37.5 Å². The zero-order chi connectivity index (χ0) is 13.7. The first-order valence-electron chi connectivity index (χ1n) is 6.79. The lowest BCUT2D eigenvalue weighted by molar-refractivity contribution is -0.0837. The molecule has 1 aromatic rings. The molecule has 0 unspecified atom stereocenters. The third-order valence-corrected chi connectivity index (χ3v) is 3.10. The monoisotopic (exact) mass is 301 g/mol. The molecule has 0 N–H and O–H groups in total. The van der Waals surface area contributed by atoms with Gasteiger partial charge in [-0.05, 0) is 39.2 Å². The van der Waals surface area contributed by atoms with Gasteiger partial charge in [0.05, 0.1) is 6.61 Å². The molecule has 2 rings (SSSR count). The molecule has 5 heteroatoms. The normalized spacial score (nSPS) is 15.2. The van der Waals surface area contributed by atoms with Crippen LogP contribution >= 0.6 is 12.4 Å². The molecular weight excluding hydrogens is 278 g/mol. The third-order valence-electron chi connectivity index (χ3n) is 3.10. The molecule has 0 radical (unpaired) electrons. The Labute approximate surface area is 127 Å². The number of benzene rings is 1. The van der Waals surface area contributed by atoms with Crippen molar-refractivity contribution in [3.63, 3.8) is 0 Å². The van der Waals surface area contributed by atoms with Gasteiger partial charge in [-0.15, -0.1) is 12.4 Å². The van der Waals surface area contributed by atoms with Crippen molar-refractivity contribution < 1.29 is 14.2 Å². The van der Waals surface area contributed by atoms with E-state index < -0.39 is 5.79 Å². The Balaban J connectivity index is 0.00000200. The minimum Gasteiger partial charge on any atom is -0.449 e. The molecule has 1 aliphatic heterocycles. The van der Waals surface area contributed by atoms with Crippen LogP contribution in [0.4, 0.5) is 0 Å². The molecule has 0 spiro atoms. The number of rotatable bonds is 7. The van der Waals surface area contributed by atoms with Crippen LogP contribution in [0.25, 0.3) is 0 Å². The molecule has 0 saturated carbocycles. The van der Waals surface area contributed by atoms with Crippen molar-refractivity contribution in [3.05, 3.63) is 24.3 Å². The van der Waals surface area contributed by atoms with Crippen molar-refractivity contribution in [2.45, 2.75) is 25.6 Å². The van der Waals surface area contributed by atoms with Crippen LogP contribution in [0, 0.1) is 0 Å². The topological polar surface area (TPSA) is 30.9 Å². The van der Waals surface area contributed by atoms with Crippen molar-refractivity contribution in [1.82, 2.24) is 4.90 Å². The standard InChI is InChI=1S/C15H23NO3.ClH/c1-15(9-12-17-11-6-10-16(2)3)18-13-7-4-5-8-14(13)19-15;/h4-5,7-8H,6,9-12H2,1-3H3;1H. The van der Waals surface area contributed by atoms with Gasteiger partial charge in [0.1, 0.15) is 0 Å². The number of fused-ring (bicyclic) bond motifs is 1. The molecule has 0 atom stereocenters. The molecule has 1 aliphatic rings. The second-order valence-electron chi connectivity index (χ2n) is 5.30. The minimum atomic E-state index is -0.592. The Kier molecular flexibility index (Phi) is 6.59. The van der Waals surface area contributed by atoms with Crippen LogP contribution in [-0.2, 0) is 4.74 Å². The summed E-state index contributed by atoms with van der Waals surface area (Å²) in [6, 6.07) is 7.76. The van der Waals surface area contributed by atoms with E-state index in [0.29, 0.717) is 6.61 Å². The molecule has 1 aromatic carbocycles. The molecule has 0 fully saturated rings. The van der Waals surface area contributed by atoms with Gasteiger partial charge in [-0.2, -0.15) is 0 Å². The molecule has 0 aromatic heterocycles. The van der Waals surface area contributed by atoms with Crippen LogP contribution in [-0.4, -0.2) is 44.5 Å². The number of ether oxygens (including phenoxy) is 3. The number of hydrogen-bond donors (Lipinski definition) is 0. The second-order valence-corrected chi connectivity index (χ2v) is 5.30. The van der Waals surface area contributed by atoms with Crippen LogP contribution < -0.4 is 9.47 Å². The minimum absolute atomic E-state index is 0. The summed E-state index contributed by atoms with van der Waals surface area (Å²) in [6.45, 7) is 4.44. The van der Waals surface area contributed by atoms with E-state index in [1.807, 2.05) is 31.2 Å². The lowest BCUT2D eigenvalue weighted by Crippen LogP contribution is -2.36. The van der Waals surface area contributed by atoms with E-state index in [1.165, 1.54) is 0 Å². The zero-order valence-corrected chi connectivity index (χ0v) is 13.2. The fourth-order valence-electron chi connectivity index (χ4n) is 2.05. The van der Waals surface area contributed by atoms with Gasteiger partial charge in [0, 0.05) is 20.0 Å². The number of halogens is 1.